The highest BCUT2D eigenvalue weighted by Gasteiger charge is 2.32. The van der Waals surface area contributed by atoms with Gasteiger partial charge in [0.05, 0.1) is 30.2 Å². The number of aliphatic hydroxyl groups is 1. The molecule has 2 atom stereocenters. The Balaban J connectivity index is 1.83. The summed E-state index contributed by atoms with van der Waals surface area (Å²) in [6.45, 7) is 5.53. The molecule has 1 aromatic carbocycles. The van der Waals surface area contributed by atoms with Crippen molar-refractivity contribution >= 4 is 28.3 Å². The van der Waals surface area contributed by atoms with E-state index in [0.717, 1.165) is 48.3 Å². The molecule has 0 amide bonds. The Morgan fingerprint density at radius 1 is 1.30 bits per heavy atom. The summed E-state index contributed by atoms with van der Waals surface area (Å²) in [6.07, 6.45) is 2.53. The molecule has 1 aliphatic carbocycles. The van der Waals surface area contributed by atoms with Crippen LogP contribution in [0.2, 0.25) is 5.02 Å². The number of anilines is 1. The topological polar surface area (TPSA) is 58.7 Å². The van der Waals surface area contributed by atoms with Gasteiger partial charge in [-0.2, -0.15) is 0 Å². The Labute approximate surface area is 140 Å². The van der Waals surface area contributed by atoms with Gasteiger partial charge in [0.25, 0.3) is 0 Å². The Hall–Kier alpha value is -1.30. The van der Waals surface area contributed by atoms with Gasteiger partial charge < -0.3 is 19.3 Å². The summed E-state index contributed by atoms with van der Waals surface area (Å²) in [7, 11) is 0. The first-order valence-corrected chi connectivity index (χ1v) is 8.58. The summed E-state index contributed by atoms with van der Waals surface area (Å²) in [5, 5.41) is 15.6. The van der Waals surface area contributed by atoms with Crippen LogP contribution in [0.1, 0.15) is 43.9 Å². The van der Waals surface area contributed by atoms with Crippen molar-refractivity contribution in [3.05, 3.63) is 22.3 Å². The number of fused-ring (bicyclic) bond motifs is 1. The molecule has 1 saturated heterocycles. The summed E-state index contributed by atoms with van der Waals surface area (Å²) in [5.41, 5.74) is 3.29. The molecule has 0 spiro atoms. The van der Waals surface area contributed by atoms with Crippen molar-refractivity contribution in [1.82, 2.24) is 5.16 Å². The molecule has 5 nitrogen and oxygen atoms in total. The van der Waals surface area contributed by atoms with Crippen molar-refractivity contribution in [2.24, 2.45) is 0 Å². The first-order valence-electron chi connectivity index (χ1n) is 8.20. The Bertz CT molecular complexity index is 731. The van der Waals surface area contributed by atoms with Crippen molar-refractivity contribution in [2.75, 3.05) is 18.0 Å². The molecule has 2 aromatic rings. The van der Waals surface area contributed by atoms with Crippen LogP contribution < -0.4 is 4.90 Å². The fraction of sp³-hybridized carbons (Fsp3) is 0.588. The second-order valence-corrected chi connectivity index (χ2v) is 7.12. The molecule has 2 heterocycles. The van der Waals surface area contributed by atoms with E-state index in [1.165, 1.54) is 0 Å². The van der Waals surface area contributed by atoms with E-state index in [0.29, 0.717) is 16.5 Å². The Kier molecular flexibility index (Phi) is 3.75. The maximum absolute atomic E-state index is 9.88. The summed E-state index contributed by atoms with van der Waals surface area (Å²) in [4.78, 5) is 2.19. The molecule has 0 radical (unpaired) electrons. The van der Waals surface area contributed by atoms with Gasteiger partial charge in [0.1, 0.15) is 5.02 Å². The molecule has 23 heavy (non-hydrogen) atoms. The Morgan fingerprint density at radius 2 is 2.00 bits per heavy atom. The van der Waals surface area contributed by atoms with Crippen molar-refractivity contribution in [2.45, 2.75) is 51.4 Å². The van der Waals surface area contributed by atoms with Crippen LogP contribution in [0, 0.1) is 0 Å². The van der Waals surface area contributed by atoms with Gasteiger partial charge in [0, 0.05) is 30.0 Å². The number of halogens is 1. The summed E-state index contributed by atoms with van der Waals surface area (Å²) in [5.74, 6) is 0.480. The van der Waals surface area contributed by atoms with E-state index >= 15 is 0 Å². The second-order valence-electron chi connectivity index (χ2n) is 6.74. The summed E-state index contributed by atoms with van der Waals surface area (Å²) >= 11 is 6.67. The van der Waals surface area contributed by atoms with E-state index in [4.69, 9.17) is 20.9 Å². The van der Waals surface area contributed by atoms with Crippen LogP contribution in [0.3, 0.4) is 0 Å². The second kappa shape index (κ2) is 5.65. The highest BCUT2D eigenvalue weighted by molar-refractivity contribution is 6.38. The van der Waals surface area contributed by atoms with Gasteiger partial charge in [0.15, 0.2) is 5.58 Å². The lowest BCUT2D eigenvalue weighted by Crippen LogP contribution is -2.46. The number of hydrogen-bond donors (Lipinski definition) is 1. The number of nitrogens with zero attached hydrogens (tertiary/aromatic N) is 2. The van der Waals surface area contributed by atoms with Crippen molar-refractivity contribution in [3.8, 4) is 0 Å². The van der Waals surface area contributed by atoms with Crippen LogP contribution in [-0.2, 0) is 11.3 Å². The number of benzene rings is 1. The van der Waals surface area contributed by atoms with Crippen LogP contribution in [0.15, 0.2) is 10.6 Å². The molecule has 1 saturated carbocycles. The zero-order valence-corrected chi connectivity index (χ0v) is 14.1. The molecule has 2 aliphatic rings. The lowest BCUT2D eigenvalue weighted by molar-refractivity contribution is -0.00530. The first-order chi connectivity index (χ1) is 11.1. The minimum atomic E-state index is -0.0552. The van der Waals surface area contributed by atoms with E-state index in [9.17, 15) is 5.11 Å². The number of ether oxygens (including phenoxy) is 1. The molecule has 2 fully saturated rings. The normalized spacial score (nSPS) is 25.3. The van der Waals surface area contributed by atoms with Gasteiger partial charge in [-0.25, -0.2) is 0 Å². The van der Waals surface area contributed by atoms with Gasteiger partial charge in [-0.1, -0.05) is 16.8 Å². The van der Waals surface area contributed by atoms with Crippen LogP contribution in [0.5, 0.6) is 0 Å². The number of aliphatic hydroxyl groups excluding tert-OH is 1. The molecule has 1 aliphatic heterocycles. The summed E-state index contributed by atoms with van der Waals surface area (Å²) < 4.78 is 11.3. The van der Waals surface area contributed by atoms with Crippen LogP contribution in [-0.4, -0.2) is 35.6 Å². The number of hydrogen-bond acceptors (Lipinski definition) is 5. The average Bonchev–Trinajstić information content (AvgIpc) is 3.25. The molecule has 1 aromatic heterocycles. The van der Waals surface area contributed by atoms with Crippen LogP contribution >= 0.6 is 11.6 Å². The first kappa shape index (κ1) is 15.2. The van der Waals surface area contributed by atoms with E-state index in [1.54, 1.807) is 0 Å². The van der Waals surface area contributed by atoms with Gasteiger partial charge in [-0.3, -0.25) is 0 Å². The number of aromatic nitrogens is 1. The molecular weight excluding hydrogens is 316 g/mol. The van der Waals surface area contributed by atoms with Crippen LogP contribution in [0.25, 0.3) is 11.0 Å². The fourth-order valence-corrected chi connectivity index (χ4v) is 3.95. The SMILES string of the molecule is C[C@@H]1CN(c2c(CO)cc3c(C4CC4)noc3c2Cl)C[C@H](C)O1. The maximum Gasteiger partial charge on any atom is 0.187 e. The van der Waals surface area contributed by atoms with Gasteiger partial charge in [-0.05, 0) is 32.8 Å². The third-order valence-electron chi connectivity index (χ3n) is 4.66. The minimum absolute atomic E-state index is 0.0552. The van der Waals surface area contributed by atoms with Crippen molar-refractivity contribution in [3.63, 3.8) is 0 Å². The lowest BCUT2D eigenvalue weighted by atomic mass is 10.0. The van der Waals surface area contributed by atoms with Gasteiger partial charge in [0.2, 0.25) is 0 Å². The van der Waals surface area contributed by atoms with Gasteiger partial charge in [-0.15, -0.1) is 0 Å². The lowest BCUT2D eigenvalue weighted by Gasteiger charge is -2.38. The third-order valence-corrected chi connectivity index (χ3v) is 5.01. The van der Waals surface area contributed by atoms with E-state index < -0.39 is 0 Å². The monoisotopic (exact) mass is 336 g/mol. The number of rotatable bonds is 3. The van der Waals surface area contributed by atoms with E-state index in [-0.39, 0.29) is 18.8 Å². The van der Waals surface area contributed by atoms with Crippen LogP contribution in [0.4, 0.5) is 5.69 Å². The van der Waals surface area contributed by atoms with Crippen molar-refractivity contribution < 1.29 is 14.4 Å². The number of morpholine rings is 1. The molecule has 1 N–H and O–H groups in total. The zero-order chi connectivity index (χ0) is 16.1. The largest absolute Gasteiger partial charge is 0.392 e. The molecule has 6 heteroatoms. The van der Waals surface area contributed by atoms with E-state index in [2.05, 4.69) is 10.1 Å². The molecular formula is C17H21ClN2O3. The quantitative estimate of drug-likeness (QED) is 0.930. The fourth-order valence-electron chi connectivity index (χ4n) is 3.57. The highest BCUT2D eigenvalue weighted by Crippen LogP contribution is 2.46. The highest BCUT2D eigenvalue weighted by atomic mass is 35.5. The zero-order valence-electron chi connectivity index (χ0n) is 13.4. The molecule has 124 valence electrons. The molecule has 0 unspecified atom stereocenters. The van der Waals surface area contributed by atoms with Gasteiger partial charge >= 0.3 is 0 Å². The summed E-state index contributed by atoms with van der Waals surface area (Å²) in [6, 6.07) is 1.99. The molecule has 4 rings (SSSR count). The maximum atomic E-state index is 9.88. The van der Waals surface area contributed by atoms with E-state index in [1.807, 2.05) is 19.9 Å². The standard InChI is InChI=1S/C17H21ClN2O3/c1-9-6-20(7-10(2)22-9)16-12(8-21)5-13-15(11-3-4-11)19-23-17(13)14(16)18/h5,9-11,21H,3-4,6-8H2,1-2H3/t9-,10+. The third kappa shape index (κ3) is 2.61. The predicted octanol–water partition coefficient (Wildman–Crippen LogP) is 3.46. The smallest absolute Gasteiger partial charge is 0.187 e. The van der Waals surface area contributed by atoms with Crippen molar-refractivity contribution in [1.29, 1.82) is 0 Å². The molecule has 0 bridgehead atoms. The average molecular weight is 337 g/mol. The predicted molar refractivity (Wildman–Crippen MR) is 89.1 cm³/mol. The Morgan fingerprint density at radius 3 is 2.61 bits per heavy atom. The minimum Gasteiger partial charge on any atom is -0.392 e.